The lowest BCUT2D eigenvalue weighted by Crippen LogP contribution is -2.38. The zero-order valence-corrected chi connectivity index (χ0v) is 17.0. The predicted octanol–water partition coefficient (Wildman–Crippen LogP) is 3.75. The number of hydrogen-bond donors (Lipinski definition) is 2. The molecule has 0 aliphatic carbocycles. The first-order valence-corrected chi connectivity index (χ1v) is 8.63. The van der Waals surface area contributed by atoms with Crippen LogP contribution >= 0.6 is 46.9 Å². The number of rotatable bonds is 7. The first-order chi connectivity index (χ1) is 10.8. The van der Waals surface area contributed by atoms with Crippen LogP contribution in [0.15, 0.2) is 41.5 Å². The summed E-state index contributed by atoms with van der Waals surface area (Å²) in [6.07, 6.45) is 3.61. The van der Waals surface area contributed by atoms with Crippen molar-refractivity contribution in [3.8, 4) is 0 Å². The van der Waals surface area contributed by atoms with Gasteiger partial charge in [-0.15, -0.1) is 35.3 Å². The smallest absolute Gasteiger partial charge is 0.191 e. The summed E-state index contributed by atoms with van der Waals surface area (Å²) in [6, 6.07) is 9.96. The molecule has 0 aromatic carbocycles. The highest BCUT2D eigenvalue weighted by Crippen LogP contribution is 2.21. The molecule has 0 amide bonds. The number of pyridine rings is 1. The molecule has 0 spiro atoms. The van der Waals surface area contributed by atoms with Crippen molar-refractivity contribution in [1.82, 2.24) is 15.6 Å². The maximum Gasteiger partial charge on any atom is 0.191 e. The first-order valence-electron chi connectivity index (χ1n) is 7.44. The van der Waals surface area contributed by atoms with Gasteiger partial charge < -0.3 is 10.6 Å². The second-order valence-corrected chi connectivity index (χ2v) is 6.51. The van der Waals surface area contributed by atoms with Crippen molar-refractivity contribution in [3.63, 3.8) is 0 Å². The number of halogens is 2. The SMILES string of the molecule is CCNC(=NCCc1ccc(Cl)s1)NCCc1ccccn1.I. The number of aliphatic imine (C=N–C) groups is 1. The highest BCUT2D eigenvalue weighted by atomic mass is 127. The average molecular weight is 465 g/mol. The second kappa shape index (κ2) is 11.6. The molecule has 0 bridgehead atoms. The van der Waals surface area contributed by atoms with E-state index in [0.717, 1.165) is 48.5 Å². The number of aromatic nitrogens is 1. The summed E-state index contributed by atoms with van der Waals surface area (Å²) in [5.41, 5.74) is 1.08. The molecule has 0 fully saturated rings. The van der Waals surface area contributed by atoms with E-state index in [1.165, 1.54) is 4.88 Å². The normalized spacial score (nSPS) is 11.0. The van der Waals surface area contributed by atoms with Crippen LogP contribution in [0.1, 0.15) is 17.5 Å². The fourth-order valence-corrected chi connectivity index (χ4v) is 3.04. The number of hydrogen-bond acceptors (Lipinski definition) is 3. The quantitative estimate of drug-likeness (QED) is 0.373. The van der Waals surface area contributed by atoms with Gasteiger partial charge in [-0.2, -0.15) is 0 Å². The molecular formula is C16H22ClIN4S. The van der Waals surface area contributed by atoms with Crippen LogP contribution in [0.4, 0.5) is 0 Å². The molecule has 2 aromatic rings. The van der Waals surface area contributed by atoms with Gasteiger partial charge in [0.25, 0.3) is 0 Å². The summed E-state index contributed by atoms with van der Waals surface area (Å²) in [5.74, 6) is 0.848. The van der Waals surface area contributed by atoms with Gasteiger partial charge in [0.2, 0.25) is 0 Å². The van der Waals surface area contributed by atoms with Crippen LogP contribution in [0.3, 0.4) is 0 Å². The van der Waals surface area contributed by atoms with Crippen LogP contribution in [0.25, 0.3) is 0 Å². The van der Waals surface area contributed by atoms with E-state index < -0.39 is 0 Å². The Balaban J connectivity index is 0.00000264. The van der Waals surface area contributed by atoms with Gasteiger partial charge in [-0.25, -0.2) is 0 Å². The Morgan fingerprint density at radius 1 is 1.22 bits per heavy atom. The molecule has 4 nitrogen and oxygen atoms in total. The molecule has 0 aliphatic rings. The average Bonchev–Trinajstić information content (AvgIpc) is 2.94. The Bertz CT molecular complexity index is 589. The number of thiophene rings is 1. The van der Waals surface area contributed by atoms with Crippen molar-refractivity contribution >= 4 is 52.9 Å². The number of guanidine groups is 1. The number of nitrogens with one attached hydrogen (secondary N) is 2. The van der Waals surface area contributed by atoms with E-state index in [0.29, 0.717) is 0 Å². The molecule has 0 saturated heterocycles. The maximum atomic E-state index is 5.93. The molecule has 23 heavy (non-hydrogen) atoms. The minimum Gasteiger partial charge on any atom is -0.357 e. The lowest BCUT2D eigenvalue weighted by atomic mass is 10.3. The first kappa shape index (κ1) is 20.2. The fraction of sp³-hybridized carbons (Fsp3) is 0.375. The molecule has 2 rings (SSSR count). The Labute approximate surface area is 163 Å². The minimum atomic E-state index is 0. The summed E-state index contributed by atoms with van der Waals surface area (Å²) in [5, 5.41) is 6.59. The van der Waals surface area contributed by atoms with E-state index >= 15 is 0 Å². The molecule has 0 atom stereocenters. The van der Waals surface area contributed by atoms with Crippen LogP contribution in [-0.4, -0.2) is 30.6 Å². The van der Waals surface area contributed by atoms with Gasteiger partial charge >= 0.3 is 0 Å². The molecule has 0 aliphatic heterocycles. The highest BCUT2D eigenvalue weighted by Gasteiger charge is 2.00. The van der Waals surface area contributed by atoms with Gasteiger partial charge in [0.1, 0.15) is 0 Å². The summed E-state index contributed by atoms with van der Waals surface area (Å²) in [6.45, 7) is 4.47. The third-order valence-corrected chi connectivity index (χ3v) is 4.29. The highest BCUT2D eigenvalue weighted by molar-refractivity contribution is 14.0. The predicted molar refractivity (Wildman–Crippen MR) is 110 cm³/mol. The van der Waals surface area contributed by atoms with Crippen molar-refractivity contribution in [1.29, 1.82) is 0 Å². The third-order valence-electron chi connectivity index (χ3n) is 3.00. The zero-order valence-electron chi connectivity index (χ0n) is 13.1. The van der Waals surface area contributed by atoms with Crippen LogP contribution in [-0.2, 0) is 12.8 Å². The van der Waals surface area contributed by atoms with Crippen LogP contribution < -0.4 is 10.6 Å². The van der Waals surface area contributed by atoms with Gasteiger partial charge in [-0.1, -0.05) is 17.7 Å². The van der Waals surface area contributed by atoms with Crippen molar-refractivity contribution in [2.45, 2.75) is 19.8 Å². The largest absolute Gasteiger partial charge is 0.357 e. The molecule has 0 saturated carbocycles. The standard InChI is InChI=1S/C16H21ClN4S.HI/c1-2-18-16(20-11-8-13-5-3-4-10-19-13)21-12-9-14-6-7-15(17)22-14;/h3-7,10H,2,8-9,11-12H2,1H3,(H2,18,20,21);1H. The van der Waals surface area contributed by atoms with Crippen LogP contribution in [0.2, 0.25) is 4.34 Å². The van der Waals surface area contributed by atoms with Gasteiger partial charge in [-0.3, -0.25) is 9.98 Å². The molecule has 126 valence electrons. The second-order valence-electron chi connectivity index (χ2n) is 4.71. The molecule has 2 N–H and O–H groups in total. The van der Waals surface area contributed by atoms with E-state index in [-0.39, 0.29) is 24.0 Å². The van der Waals surface area contributed by atoms with E-state index in [9.17, 15) is 0 Å². The van der Waals surface area contributed by atoms with Crippen molar-refractivity contribution < 1.29 is 0 Å². The van der Waals surface area contributed by atoms with Gasteiger partial charge in [0.05, 0.1) is 4.34 Å². The molecule has 2 heterocycles. The Hall–Kier alpha value is -0.860. The molecule has 0 unspecified atom stereocenters. The zero-order chi connectivity index (χ0) is 15.6. The van der Waals surface area contributed by atoms with E-state index in [1.807, 2.05) is 30.5 Å². The topological polar surface area (TPSA) is 49.3 Å². The molecular weight excluding hydrogens is 443 g/mol. The summed E-state index contributed by atoms with van der Waals surface area (Å²) < 4.78 is 0.833. The van der Waals surface area contributed by atoms with Gasteiger partial charge in [0, 0.05) is 49.2 Å². The lowest BCUT2D eigenvalue weighted by Gasteiger charge is -2.10. The van der Waals surface area contributed by atoms with E-state index in [2.05, 4.69) is 33.6 Å². The summed E-state index contributed by atoms with van der Waals surface area (Å²) >= 11 is 7.55. The lowest BCUT2D eigenvalue weighted by molar-refractivity contribution is 0.787. The van der Waals surface area contributed by atoms with E-state index in [4.69, 9.17) is 11.6 Å². The number of nitrogens with zero attached hydrogens (tertiary/aromatic N) is 2. The fourth-order valence-electron chi connectivity index (χ4n) is 1.96. The van der Waals surface area contributed by atoms with Crippen LogP contribution in [0, 0.1) is 0 Å². The van der Waals surface area contributed by atoms with Crippen LogP contribution in [0.5, 0.6) is 0 Å². The molecule has 7 heteroatoms. The molecule has 0 radical (unpaired) electrons. The van der Waals surface area contributed by atoms with Crippen molar-refractivity contribution in [2.75, 3.05) is 19.6 Å². The minimum absolute atomic E-state index is 0. The summed E-state index contributed by atoms with van der Waals surface area (Å²) in [4.78, 5) is 10.2. The Morgan fingerprint density at radius 2 is 2.09 bits per heavy atom. The monoisotopic (exact) mass is 464 g/mol. The molecule has 2 aromatic heterocycles. The third kappa shape index (κ3) is 7.99. The van der Waals surface area contributed by atoms with Gasteiger partial charge in [-0.05, 0) is 31.2 Å². The van der Waals surface area contributed by atoms with Crippen molar-refractivity contribution in [3.05, 3.63) is 51.4 Å². The maximum absolute atomic E-state index is 5.93. The van der Waals surface area contributed by atoms with E-state index in [1.54, 1.807) is 11.3 Å². The summed E-state index contributed by atoms with van der Waals surface area (Å²) in [7, 11) is 0. The van der Waals surface area contributed by atoms with Crippen molar-refractivity contribution in [2.24, 2.45) is 4.99 Å². The Kier molecular flexibility index (Phi) is 10.2. The Morgan fingerprint density at radius 3 is 2.74 bits per heavy atom. The van der Waals surface area contributed by atoms with Gasteiger partial charge in [0.15, 0.2) is 5.96 Å².